The fourth-order valence-electron chi connectivity index (χ4n) is 9.01. The predicted molar refractivity (Wildman–Crippen MR) is 362 cm³/mol. The van der Waals surface area contributed by atoms with Crippen LogP contribution in [0.4, 0.5) is 0 Å². The second-order valence-electron chi connectivity index (χ2n) is 22.0. The Kier molecular flexibility index (Phi) is 65.4. The highest BCUT2D eigenvalue weighted by molar-refractivity contribution is 5.71. The molecule has 468 valence electrons. The van der Waals surface area contributed by atoms with Gasteiger partial charge in [-0.25, -0.2) is 0 Å². The van der Waals surface area contributed by atoms with Crippen LogP contribution in [0.15, 0.2) is 158 Å². The van der Waals surface area contributed by atoms with Crippen molar-refractivity contribution in [3.05, 3.63) is 158 Å². The summed E-state index contributed by atoms with van der Waals surface area (Å²) in [5, 5.41) is 0. The van der Waals surface area contributed by atoms with Crippen LogP contribution in [0.1, 0.15) is 290 Å². The molecule has 0 bridgehead atoms. The third kappa shape index (κ3) is 67.7. The van der Waals surface area contributed by atoms with E-state index in [0.29, 0.717) is 19.3 Å². The fourth-order valence-corrected chi connectivity index (χ4v) is 9.01. The lowest BCUT2D eigenvalue weighted by atomic mass is 10.0. The van der Waals surface area contributed by atoms with Crippen molar-refractivity contribution in [3.8, 4) is 0 Å². The van der Waals surface area contributed by atoms with Crippen molar-refractivity contribution < 1.29 is 28.6 Å². The number of hydrogen-bond acceptors (Lipinski definition) is 6. The maximum atomic E-state index is 12.9. The number of carbonyl (C=O) groups excluding carboxylic acids is 3. The van der Waals surface area contributed by atoms with Gasteiger partial charge in [-0.15, -0.1) is 0 Å². The lowest BCUT2D eigenvalue weighted by molar-refractivity contribution is -0.167. The maximum absolute atomic E-state index is 12.9. The highest BCUT2D eigenvalue weighted by Crippen LogP contribution is 2.16. The van der Waals surface area contributed by atoms with Crippen LogP contribution >= 0.6 is 0 Å². The molecular formula is C77H124O6. The minimum absolute atomic E-state index is 0.0983. The van der Waals surface area contributed by atoms with Gasteiger partial charge in [-0.1, -0.05) is 301 Å². The third-order valence-electron chi connectivity index (χ3n) is 14.0. The molecule has 1 atom stereocenters. The van der Waals surface area contributed by atoms with Crippen molar-refractivity contribution in [1.82, 2.24) is 0 Å². The van der Waals surface area contributed by atoms with E-state index in [4.69, 9.17) is 14.2 Å². The maximum Gasteiger partial charge on any atom is 0.306 e. The van der Waals surface area contributed by atoms with E-state index in [9.17, 15) is 14.4 Å². The Morgan fingerprint density at radius 3 is 0.759 bits per heavy atom. The van der Waals surface area contributed by atoms with E-state index in [2.05, 4.69) is 179 Å². The molecule has 0 spiro atoms. The second kappa shape index (κ2) is 69.5. The summed E-state index contributed by atoms with van der Waals surface area (Å²) in [5.41, 5.74) is 0. The number of unbranched alkanes of at least 4 members (excludes halogenated alkanes) is 23. The molecule has 0 saturated heterocycles. The summed E-state index contributed by atoms with van der Waals surface area (Å²) in [7, 11) is 0. The molecule has 0 aromatic carbocycles. The van der Waals surface area contributed by atoms with E-state index in [-0.39, 0.29) is 37.5 Å². The number of hydrogen-bond donors (Lipinski definition) is 0. The van der Waals surface area contributed by atoms with E-state index in [0.717, 1.165) is 135 Å². The van der Waals surface area contributed by atoms with Gasteiger partial charge >= 0.3 is 17.9 Å². The van der Waals surface area contributed by atoms with Crippen LogP contribution in [-0.2, 0) is 28.6 Å². The summed E-state index contributed by atoms with van der Waals surface area (Å²) >= 11 is 0. The van der Waals surface area contributed by atoms with E-state index in [1.54, 1.807) is 0 Å². The van der Waals surface area contributed by atoms with Gasteiger partial charge in [0.05, 0.1) is 0 Å². The monoisotopic (exact) mass is 1140 g/mol. The molecular weight excluding hydrogens is 1020 g/mol. The molecule has 1 unspecified atom stereocenters. The number of carbonyl (C=O) groups is 3. The van der Waals surface area contributed by atoms with Gasteiger partial charge in [0.2, 0.25) is 0 Å². The SMILES string of the molecule is CC/C=C\C/C=C\C/C=C\C/C=C\C/C=C\C/C=C\C/C=C\CCCCCCCCCCCCCCCC(=O)OCC(COC(=O)CCCCCCCCCCC)OC(=O)CCCC/C=C\C/C=C\C/C=C\C/C=C\C/C=C\C/C=C\CC. The molecule has 0 rings (SSSR count). The van der Waals surface area contributed by atoms with Crippen LogP contribution in [0.25, 0.3) is 0 Å². The molecule has 6 heteroatoms. The average Bonchev–Trinajstić information content (AvgIpc) is 3.49. The summed E-state index contributed by atoms with van der Waals surface area (Å²) in [6.07, 6.45) is 101. The first-order valence-electron chi connectivity index (χ1n) is 34.0. The van der Waals surface area contributed by atoms with Crippen molar-refractivity contribution in [2.24, 2.45) is 0 Å². The van der Waals surface area contributed by atoms with E-state index < -0.39 is 6.10 Å². The molecule has 0 aromatic rings. The molecule has 0 aliphatic carbocycles. The zero-order valence-electron chi connectivity index (χ0n) is 53.7. The van der Waals surface area contributed by atoms with Crippen LogP contribution in [0.3, 0.4) is 0 Å². The Morgan fingerprint density at radius 2 is 0.470 bits per heavy atom. The van der Waals surface area contributed by atoms with Crippen LogP contribution in [0.2, 0.25) is 0 Å². The minimum Gasteiger partial charge on any atom is -0.462 e. The fraction of sp³-hybridized carbons (Fsp3) is 0.623. The summed E-state index contributed by atoms with van der Waals surface area (Å²) in [6.45, 7) is 6.36. The van der Waals surface area contributed by atoms with Crippen molar-refractivity contribution in [3.63, 3.8) is 0 Å². The van der Waals surface area contributed by atoms with Gasteiger partial charge in [0, 0.05) is 19.3 Å². The highest BCUT2D eigenvalue weighted by Gasteiger charge is 2.19. The standard InChI is InChI=1S/C77H124O6/c1-4-7-10-13-16-19-21-23-25-27-29-31-32-33-34-35-36-37-38-39-40-41-42-43-44-46-47-49-51-53-55-58-61-64-67-70-76(79)82-73-74(72-81-75(78)69-66-63-60-57-18-15-12-9-6-3)83-77(80)71-68-65-62-59-56-54-52-50-48-45-30-28-26-24-22-20-17-14-11-8-5-2/h7-8,10-11,16-17,19-20,23-26,29-31,33-34,36-37,39-40,45,50,52,56,59,74H,4-6,9,12-15,18,21-22,27-28,32,35,38,41-44,46-49,51,53-55,57-58,60-73H2,1-3H3/b10-7-,11-8-,19-16-,20-17-,25-23-,26-24-,31-29-,34-33-,37-36-,40-39-,45-30-,52-50-,59-56-. The zero-order valence-corrected chi connectivity index (χ0v) is 53.7. The number of esters is 3. The van der Waals surface area contributed by atoms with E-state index in [1.807, 2.05) is 0 Å². The number of ether oxygens (including phenoxy) is 3. The Labute approximate surface area is 511 Å². The second-order valence-corrected chi connectivity index (χ2v) is 22.0. The summed E-state index contributed by atoms with van der Waals surface area (Å²) in [6, 6.07) is 0. The largest absolute Gasteiger partial charge is 0.462 e. The molecule has 0 saturated carbocycles. The summed E-state index contributed by atoms with van der Waals surface area (Å²) in [5.74, 6) is -0.945. The normalized spacial score (nSPS) is 13.1. The van der Waals surface area contributed by atoms with Crippen molar-refractivity contribution in [2.75, 3.05) is 13.2 Å². The first kappa shape index (κ1) is 78.0. The lowest BCUT2D eigenvalue weighted by Crippen LogP contribution is -2.30. The lowest BCUT2D eigenvalue weighted by Gasteiger charge is -2.18. The quantitative estimate of drug-likeness (QED) is 0.0261. The van der Waals surface area contributed by atoms with Gasteiger partial charge in [-0.3, -0.25) is 14.4 Å². The first-order valence-corrected chi connectivity index (χ1v) is 34.0. The first-order chi connectivity index (χ1) is 41.0. The Bertz CT molecular complexity index is 1840. The topological polar surface area (TPSA) is 78.9 Å². The van der Waals surface area contributed by atoms with Crippen LogP contribution in [0.5, 0.6) is 0 Å². The highest BCUT2D eigenvalue weighted by atomic mass is 16.6. The van der Waals surface area contributed by atoms with Crippen LogP contribution in [0, 0.1) is 0 Å². The zero-order chi connectivity index (χ0) is 59.9. The van der Waals surface area contributed by atoms with Gasteiger partial charge < -0.3 is 14.2 Å². The molecule has 0 aliphatic rings. The van der Waals surface area contributed by atoms with E-state index in [1.165, 1.54) is 109 Å². The van der Waals surface area contributed by atoms with Crippen molar-refractivity contribution in [1.29, 1.82) is 0 Å². The Hall–Kier alpha value is -4.97. The molecule has 0 N–H and O–H groups in total. The van der Waals surface area contributed by atoms with Gasteiger partial charge in [-0.2, -0.15) is 0 Å². The number of allylic oxidation sites excluding steroid dienone is 26. The minimum atomic E-state index is -0.806. The van der Waals surface area contributed by atoms with Gasteiger partial charge in [0.15, 0.2) is 6.10 Å². The predicted octanol–water partition coefficient (Wildman–Crippen LogP) is 23.7. The average molecular weight is 1150 g/mol. The Balaban J connectivity index is 4.21. The van der Waals surface area contributed by atoms with Gasteiger partial charge in [0.25, 0.3) is 0 Å². The smallest absolute Gasteiger partial charge is 0.306 e. The van der Waals surface area contributed by atoms with E-state index >= 15 is 0 Å². The summed E-state index contributed by atoms with van der Waals surface area (Å²) in [4.78, 5) is 38.2. The molecule has 0 amide bonds. The Morgan fingerprint density at radius 1 is 0.253 bits per heavy atom. The van der Waals surface area contributed by atoms with Crippen LogP contribution in [-0.4, -0.2) is 37.2 Å². The number of rotatable bonds is 60. The van der Waals surface area contributed by atoms with Gasteiger partial charge in [0.1, 0.15) is 13.2 Å². The van der Waals surface area contributed by atoms with Gasteiger partial charge in [-0.05, 0) is 128 Å². The summed E-state index contributed by atoms with van der Waals surface area (Å²) < 4.78 is 16.9. The third-order valence-corrected chi connectivity index (χ3v) is 14.0. The van der Waals surface area contributed by atoms with Crippen molar-refractivity contribution >= 4 is 17.9 Å². The van der Waals surface area contributed by atoms with Crippen molar-refractivity contribution in [2.45, 2.75) is 297 Å². The molecule has 83 heavy (non-hydrogen) atoms. The molecule has 6 nitrogen and oxygen atoms in total. The molecule has 0 radical (unpaired) electrons. The molecule has 0 aliphatic heterocycles. The van der Waals surface area contributed by atoms with Crippen LogP contribution < -0.4 is 0 Å². The molecule has 0 fully saturated rings. The molecule has 0 heterocycles. The molecule has 0 aromatic heterocycles.